The molecule has 9 nitrogen and oxygen atoms in total. The highest BCUT2D eigenvalue weighted by molar-refractivity contribution is 7.92. The fraction of sp³-hybridized carbons (Fsp3) is 0.609. The van der Waals surface area contributed by atoms with E-state index in [1.165, 1.54) is 10.5 Å². The topological polar surface area (TPSA) is 125 Å². The number of carbonyl (C=O) groups is 3. The predicted molar refractivity (Wildman–Crippen MR) is 123 cm³/mol. The Labute approximate surface area is 194 Å². The Balaban J connectivity index is 1.55. The number of nitrogens with zero attached hydrogens (tertiary/aromatic N) is 1. The number of nitrogens with one attached hydrogen (secondary N) is 3. The van der Waals surface area contributed by atoms with Crippen molar-refractivity contribution in [2.75, 3.05) is 12.8 Å². The van der Waals surface area contributed by atoms with Crippen molar-refractivity contribution in [1.29, 1.82) is 0 Å². The molecule has 1 unspecified atom stereocenters. The van der Waals surface area contributed by atoms with Gasteiger partial charge in [-0.05, 0) is 63.6 Å². The van der Waals surface area contributed by atoms with Gasteiger partial charge in [0.2, 0.25) is 17.7 Å². The van der Waals surface area contributed by atoms with Gasteiger partial charge in [-0.3, -0.25) is 14.4 Å². The first-order valence-corrected chi connectivity index (χ1v) is 13.3. The van der Waals surface area contributed by atoms with Gasteiger partial charge >= 0.3 is 0 Å². The highest BCUT2D eigenvalue weighted by atomic mass is 32.2. The molecule has 1 aromatic rings. The summed E-state index contributed by atoms with van der Waals surface area (Å²) in [6.07, 6.45) is 3.21. The van der Waals surface area contributed by atoms with Gasteiger partial charge in [0.25, 0.3) is 0 Å². The number of likely N-dealkylation sites (N-methyl/N-ethyl adjacent to an activating group) is 1. The Morgan fingerprint density at radius 2 is 1.82 bits per heavy atom. The van der Waals surface area contributed by atoms with Crippen LogP contribution in [-0.4, -0.2) is 67.3 Å². The molecule has 1 aromatic carbocycles. The Hall–Kier alpha value is -2.46. The summed E-state index contributed by atoms with van der Waals surface area (Å²) in [5, 5.41) is 7.53. The lowest BCUT2D eigenvalue weighted by Gasteiger charge is -2.32. The van der Waals surface area contributed by atoms with Crippen molar-refractivity contribution in [1.82, 2.24) is 20.9 Å². The van der Waals surface area contributed by atoms with E-state index in [-0.39, 0.29) is 42.9 Å². The lowest BCUT2D eigenvalue weighted by atomic mass is 9.87. The average molecular weight is 477 g/mol. The van der Waals surface area contributed by atoms with Crippen LogP contribution in [0.3, 0.4) is 0 Å². The quantitative estimate of drug-likeness (QED) is 0.565. The fourth-order valence-electron chi connectivity index (χ4n) is 5.14. The number of carbonyl (C=O) groups excluding carboxylic acids is 3. The first-order valence-electron chi connectivity index (χ1n) is 11.6. The number of benzene rings is 1. The van der Waals surface area contributed by atoms with Crippen LogP contribution in [0, 0.1) is 0 Å². The van der Waals surface area contributed by atoms with Crippen LogP contribution < -0.4 is 16.0 Å². The van der Waals surface area contributed by atoms with Crippen LogP contribution in [0.25, 0.3) is 0 Å². The van der Waals surface area contributed by atoms with Gasteiger partial charge in [-0.15, -0.1) is 0 Å². The van der Waals surface area contributed by atoms with E-state index >= 15 is 0 Å². The van der Waals surface area contributed by atoms with E-state index in [0.717, 1.165) is 24.8 Å². The molecule has 3 amide bonds. The summed E-state index contributed by atoms with van der Waals surface area (Å²) in [5.74, 6) is -1.42. The largest absolute Gasteiger partial charge is 0.347 e. The number of aryl methyl sites for hydroxylation is 1. The zero-order valence-electron chi connectivity index (χ0n) is 19.0. The molecule has 0 saturated carbocycles. The maximum atomic E-state index is 13.4. The van der Waals surface area contributed by atoms with Crippen LogP contribution in [0.4, 0.5) is 0 Å². The molecule has 0 bridgehead atoms. The van der Waals surface area contributed by atoms with E-state index in [4.69, 9.17) is 0 Å². The molecule has 10 heteroatoms. The molecular weight excluding hydrogens is 444 g/mol. The van der Waals surface area contributed by atoms with Gasteiger partial charge in [0.15, 0.2) is 9.84 Å². The number of hydrogen-bond donors (Lipinski definition) is 3. The maximum absolute atomic E-state index is 13.4. The molecule has 2 heterocycles. The molecule has 33 heavy (non-hydrogen) atoms. The molecule has 4 rings (SSSR count). The summed E-state index contributed by atoms with van der Waals surface area (Å²) >= 11 is 0. The van der Waals surface area contributed by atoms with Gasteiger partial charge < -0.3 is 20.9 Å². The van der Waals surface area contributed by atoms with E-state index in [1.807, 2.05) is 18.2 Å². The van der Waals surface area contributed by atoms with Crippen molar-refractivity contribution < 1.29 is 22.8 Å². The first kappa shape index (κ1) is 23.7. The molecule has 5 atom stereocenters. The number of fused-ring (bicyclic) bond motifs is 2. The second-order valence-corrected chi connectivity index (χ2v) is 11.5. The third kappa shape index (κ3) is 4.63. The van der Waals surface area contributed by atoms with Crippen LogP contribution in [0.15, 0.2) is 24.3 Å². The molecule has 2 fully saturated rings. The summed E-state index contributed by atoms with van der Waals surface area (Å²) < 4.78 is 25.8. The summed E-state index contributed by atoms with van der Waals surface area (Å²) in [5.41, 5.74) is 2.28. The molecule has 180 valence electrons. The van der Waals surface area contributed by atoms with Crippen molar-refractivity contribution in [2.45, 2.75) is 75.0 Å². The molecule has 2 saturated heterocycles. The second kappa shape index (κ2) is 9.42. The Morgan fingerprint density at radius 3 is 2.58 bits per heavy atom. The van der Waals surface area contributed by atoms with E-state index < -0.39 is 39.2 Å². The highest BCUT2D eigenvalue weighted by Crippen LogP contribution is 2.34. The zero-order valence-corrected chi connectivity index (χ0v) is 19.9. The van der Waals surface area contributed by atoms with Crippen LogP contribution in [-0.2, 0) is 30.6 Å². The van der Waals surface area contributed by atoms with Gasteiger partial charge in [0, 0.05) is 0 Å². The lowest BCUT2D eigenvalue weighted by molar-refractivity contribution is -0.142. The molecule has 0 aromatic heterocycles. The minimum Gasteiger partial charge on any atom is -0.347 e. The number of amides is 3. The SMILES string of the molecule is CNC(C)C(=O)N[C@H]1CCS(=O)(=O)[C@H]2CC[C@@H](C(=O)N[C@@H]3CCCc4ccccc43)N2C1=O. The predicted octanol–water partition coefficient (Wildman–Crippen LogP) is 0.409. The van der Waals surface area contributed by atoms with E-state index in [1.54, 1.807) is 14.0 Å². The van der Waals surface area contributed by atoms with Crippen LogP contribution in [0.1, 0.15) is 56.2 Å². The standard InChI is InChI=1S/C23H32N4O5S/c1-14(24-2)21(28)26-18-12-13-33(31,32)20-11-10-19(27(20)23(18)30)22(29)25-17-9-5-7-15-6-3-4-8-16(15)17/h3-4,6,8,14,17-20,24H,5,7,9-13H2,1-2H3,(H,25,29)(H,26,28)/t14?,17-,18+,19+,20+/m1/s1. The van der Waals surface area contributed by atoms with Crippen molar-refractivity contribution in [2.24, 2.45) is 0 Å². The lowest BCUT2D eigenvalue weighted by Crippen LogP contribution is -2.56. The summed E-state index contributed by atoms with van der Waals surface area (Å²) in [7, 11) is -1.99. The molecular formula is C23H32N4O5S. The second-order valence-electron chi connectivity index (χ2n) is 9.17. The Kier molecular flexibility index (Phi) is 6.76. The summed E-state index contributed by atoms with van der Waals surface area (Å²) in [6, 6.07) is 5.46. The van der Waals surface area contributed by atoms with Gasteiger partial charge in [-0.25, -0.2) is 8.42 Å². The van der Waals surface area contributed by atoms with Gasteiger partial charge in [0.1, 0.15) is 17.5 Å². The molecule has 3 aliphatic rings. The van der Waals surface area contributed by atoms with Gasteiger partial charge in [-0.2, -0.15) is 0 Å². The van der Waals surface area contributed by atoms with E-state index in [0.29, 0.717) is 0 Å². The Bertz CT molecular complexity index is 1040. The molecule has 2 aliphatic heterocycles. The van der Waals surface area contributed by atoms with Crippen molar-refractivity contribution >= 4 is 27.6 Å². The van der Waals surface area contributed by atoms with Gasteiger partial charge in [-0.1, -0.05) is 24.3 Å². The van der Waals surface area contributed by atoms with E-state index in [2.05, 4.69) is 22.0 Å². The molecule has 1 aliphatic carbocycles. The van der Waals surface area contributed by atoms with Crippen molar-refractivity contribution in [3.63, 3.8) is 0 Å². The number of hydrogen-bond acceptors (Lipinski definition) is 6. The number of sulfone groups is 1. The summed E-state index contributed by atoms with van der Waals surface area (Å²) in [6.45, 7) is 1.66. The van der Waals surface area contributed by atoms with Crippen molar-refractivity contribution in [3.05, 3.63) is 35.4 Å². The monoisotopic (exact) mass is 476 g/mol. The summed E-state index contributed by atoms with van der Waals surface area (Å²) in [4.78, 5) is 40.3. The minimum absolute atomic E-state index is 0.000675. The molecule has 3 N–H and O–H groups in total. The van der Waals surface area contributed by atoms with Crippen LogP contribution in [0.5, 0.6) is 0 Å². The van der Waals surface area contributed by atoms with Crippen LogP contribution >= 0.6 is 0 Å². The van der Waals surface area contributed by atoms with Crippen molar-refractivity contribution in [3.8, 4) is 0 Å². The van der Waals surface area contributed by atoms with Gasteiger partial charge in [0.05, 0.1) is 17.8 Å². The van der Waals surface area contributed by atoms with E-state index in [9.17, 15) is 22.8 Å². The molecule has 0 radical (unpaired) electrons. The minimum atomic E-state index is -3.61. The average Bonchev–Trinajstić information content (AvgIpc) is 3.24. The zero-order chi connectivity index (χ0) is 23.8. The van der Waals surface area contributed by atoms with Crippen LogP contribution in [0.2, 0.25) is 0 Å². The fourth-order valence-corrected chi connectivity index (χ4v) is 7.07. The molecule has 0 spiro atoms. The third-order valence-electron chi connectivity index (χ3n) is 7.12. The maximum Gasteiger partial charge on any atom is 0.246 e. The Morgan fingerprint density at radius 1 is 1.06 bits per heavy atom. The normalized spacial score (nSPS) is 29.4. The smallest absolute Gasteiger partial charge is 0.246 e. The number of rotatable bonds is 5. The first-order chi connectivity index (χ1) is 15.7. The highest BCUT2D eigenvalue weighted by Gasteiger charge is 2.51. The third-order valence-corrected chi connectivity index (χ3v) is 9.22.